The number of rotatable bonds is 7. The molecule has 5 rings (SSSR count). The molecule has 7 nitrogen and oxygen atoms in total. The third-order valence-corrected chi connectivity index (χ3v) is 8.12. The van der Waals surface area contributed by atoms with Gasteiger partial charge >= 0.3 is 0 Å². The first-order chi connectivity index (χ1) is 15.8. The van der Waals surface area contributed by atoms with Crippen LogP contribution in [-0.4, -0.2) is 44.4 Å². The maximum absolute atomic E-state index is 13.3. The van der Waals surface area contributed by atoms with Crippen LogP contribution in [0.1, 0.15) is 24.1 Å². The van der Waals surface area contributed by atoms with Crippen LogP contribution in [0.2, 0.25) is 0 Å². The molecule has 1 aliphatic heterocycles. The van der Waals surface area contributed by atoms with E-state index in [4.69, 9.17) is 9.47 Å². The number of hydrogen-bond donors (Lipinski definition) is 0. The summed E-state index contributed by atoms with van der Waals surface area (Å²) in [6.45, 7) is 0.207. The van der Waals surface area contributed by atoms with Crippen molar-refractivity contribution in [3.63, 3.8) is 0 Å². The molecule has 1 aliphatic carbocycles. The summed E-state index contributed by atoms with van der Waals surface area (Å²) >= 11 is 0. The number of benzene rings is 2. The van der Waals surface area contributed by atoms with Gasteiger partial charge in [-0.2, -0.15) is 0 Å². The standard InChI is InChI=1S/C25H24N2O5S/c1-27(2)33(29,30)20-9-6-17(7-10-20)21-5-3-4-19(26-21)15-24(28)25(12-13-25)18-8-11-22-23(14-18)32-16-31-22/h3-11,14H,12-13,15-16H2,1-2H3. The van der Waals surface area contributed by atoms with Crippen LogP contribution in [0.5, 0.6) is 11.5 Å². The van der Waals surface area contributed by atoms with Crippen molar-refractivity contribution in [3.05, 3.63) is 71.9 Å². The van der Waals surface area contributed by atoms with Gasteiger partial charge in [0.2, 0.25) is 16.8 Å². The van der Waals surface area contributed by atoms with E-state index in [0.717, 1.165) is 24.0 Å². The van der Waals surface area contributed by atoms with Gasteiger partial charge in [0.15, 0.2) is 11.5 Å². The van der Waals surface area contributed by atoms with E-state index in [0.29, 0.717) is 22.9 Å². The first kappa shape index (κ1) is 21.6. The van der Waals surface area contributed by atoms with Crippen LogP contribution < -0.4 is 9.47 Å². The average Bonchev–Trinajstić information content (AvgIpc) is 3.50. The molecule has 0 radical (unpaired) electrons. The Kier molecular flexibility index (Phi) is 5.22. The maximum atomic E-state index is 13.3. The van der Waals surface area contributed by atoms with Crippen molar-refractivity contribution in [2.24, 2.45) is 0 Å². The summed E-state index contributed by atoms with van der Waals surface area (Å²) in [7, 11) is -0.485. The Morgan fingerprint density at radius 2 is 1.73 bits per heavy atom. The average molecular weight is 465 g/mol. The molecular weight excluding hydrogens is 440 g/mol. The zero-order valence-electron chi connectivity index (χ0n) is 18.4. The van der Waals surface area contributed by atoms with E-state index >= 15 is 0 Å². The van der Waals surface area contributed by atoms with Gasteiger partial charge in [-0.1, -0.05) is 24.3 Å². The summed E-state index contributed by atoms with van der Waals surface area (Å²) in [5.74, 6) is 1.53. The van der Waals surface area contributed by atoms with Crippen LogP contribution >= 0.6 is 0 Å². The number of Topliss-reactive ketones (excluding diaryl/α,β-unsaturated/α-hetero) is 1. The Balaban J connectivity index is 1.35. The van der Waals surface area contributed by atoms with Crippen molar-refractivity contribution < 1.29 is 22.7 Å². The lowest BCUT2D eigenvalue weighted by molar-refractivity contribution is -0.120. The largest absolute Gasteiger partial charge is 0.454 e. The normalized spacial score (nSPS) is 16.1. The van der Waals surface area contributed by atoms with Crippen molar-refractivity contribution in [2.75, 3.05) is 20.9 Å². The lowest BCUT2D eigenvalue weighted by Gasteiger charge is -2.15. The second-order valence-corrected chi connectivity index (χ2v) is 10.7. The minimum atomic E-state index is -3.49. The highest BCUT2D eigenvalue weighted by molar-refractivity contribution is 7.89. The molecule has 1 saturated carbocycles. The van der Waals surface area contributed by atoms with Gasteiger partial charge in [0.1, 0.15) is 5.78 Å². The topological polar surface area (TPSA) is 85.8 Å². The Labute approximate surface area is 193 Å². The van der Waals surface area contributed by atoms with Gasteiger partial charge in [0.25, 0.3) is 0 Å². The zero-order valence-corrected chi connectivity index (χ0v) is 19.3. The summed E-state index contributed by atoms with van der Waals surface area (Å²) in [6.07, 6.45) is 1.86. The van der Waals surface area contributed by atoms with E-state index in [1.54, 1.807) is 24.3 Å². The Bertz CT molecular complexity index is 1330. The molecule has 0 unspecified atom stereocenters. The molecule has 3 aromatic rings. The first-order valence-electron chi connectivity index (χ1n) is 10.7. The Hall–Kier alpha value is -3.23. The highest BCUT2D eigenvalue weighted by atomic mass is 32.2. The number of carbonyl (C=O) groups excluding carboxylic acids is 1. The number of ketones is 1. The second kappa shape index (κ2) is 7.97. The number of hydrogen-bond acceptors (Lipinski definition) is 6. The predicted octanol–water partition coefficient (Wildman–Crippen LogP) is 3.57. The number of sulfonamides is 1. The monoisotopic (exact) mass is 464 g/mol. The molecule has 170 valence electrons. The summed E-state index contributed by atoms with van der Waals surface area (Å²) in [6, 6.07) is 17.9. The molecule has 2 aromatic carbocycles. The maximum Gasteiger partial charge on any atom is 0.242 e. The van der Waals surface area contributed by atoms with Crippen LogP contribution in [0.15, 0.2) is 65.6 Å². The van der Waals surface area contributed by atoms with E-state index in [1.807, 2.05) is 36.4 Å². The number of fused-ring (bicyclic) bond motifs is 1. The smallest absolute Gasteiger partial charge is 0.242 e. The molecule has 8 heteroatoms. The van der Waals surface area contributed by atoms with Crippen molar-refractivity contribution in [2.45, 2.75) is 29.6 Å². The van der Waals surface area contributed by atoms with Crippen LogP contribution in [0.3, 0.4) is 0 Å². The number of ether oxygens (including phenoxy) is 2. The third kappa shape index (κ3) is 3.89. The number of nitrogens with zero attached hydrogens (tertiary/aromatic N) is 2. The van der Waals surface area contributed by atoms with Crippen LogP contribution in [0, 0.1) is 0 Å². The van der Waals surface area contributed by atoms with Gasteiger partial charge in [0.05, 0.1) is 16.0 Å². The molecule has 0 atom stereocenters. The molecule has 0 N–H and O–H groups in total. The van der Waals surface area contributed by atoms with Gasteiger partial charge in [0, 0.05) is 31.8 Å². The molecular formula is C25H24N2O5S. The first-order valence-corrected chi connectivity index (χ1v) is 12.2. The van der Waals surface area contributed by atoms with Crippen LogP contribution in [-0.2, 0) is 26.7 Å². The van der Waals surface area contributed by atoms with Crippen molar-refractivity contribution >= 4 is 15.8 Å². The van der Waals surface area contributed by atoms with Crippen molar-refractivity contribution in [1.29, 1.82) is 0 Å². The summed E-state index contributed by atoms with van der Waals surface area (Å²) in [5, 5.41) is 0. The van der Waals surface area contributed by atoms with Gasteiger partial charge in [-0.3, -0.25) is 9.78 Å². The molecule has 0 bridgehead atoms. The molecule has 2 aliphatic rings. The highest BCUT2D eigenvalue weighted by Gasteiger charge is 2.51. The van der Waals surface area contributed by atoms with Gasteiger partial charge in [-0.15, -0.1) is 0 Å². The molecule has 33 heavy (non-hydrogen) atoms. The fourth-order valence-corrected chi connectivity index (χ4v) is 5.03. The Morgan fingerprint density at radius 3 is 2.42 bits per heavy atom. The molecule has 1 fully saturated rings. The van der Waals surface area contributed by atoms with E-state index in [9.17, 15) is 13.2 Å². The lowest BCUT2D eigenvalue weighted by atomic mass is 9.88. The summed E-state index contributed by atoms with van der Waals surface area (Å²) in [4.78, 5) is 18.2. The zero-order chi connectivity index (χ0) is 23.2. The van der Waals surface area contributed by atoms with E-state index in [-0.39, 0.29) is 23.9 Å². The molecule has 1 aromatic heterocycles. The molecule has 0 spiro atoms. The fourth-order valence-electron chi connectivity index (χ4n) is 4.13. The summed E-state index contributed by atoms with van der Waals surface area (Å²) in [5.41, 5.74) is 2.65. The van der Waals surface area contributed by atoms with Crippen molar-refractivity contribution in [1.82, 2.24) is 9.29 Å². The summed E-state index contributed by atoms with van der Waals surface area (Å²) < 4.78 is 36.6. The minimum absolute atomic E-state index is 0.137. The van der Waals surface area contributed by atoms with Crippen LogP contribution in [0.25, 0.3) is 11.3 Å². The highest BCUT2D eigenvalue weighted by Crippen LogP contribution is 2.51. The lowest BCUT2D eigenvalue weighted by Crippen LogP contribution is -2.23. The van der Waals surface area contributed by atoms with Gasteiger partial charge < -0.3 is 9.47 Å². The fraction of sp³-hybridized carbons (Fsp3) is 0.280. The van der Waals surface area contributed by atoms with Gasteiger partial charge in [-0.05, 0) is 54.8 Å². The quantitative estimate of drug-likeness (QED) is 0.531. The SMILES string of the molecule is CN(C)S(=O)(=O)c1ccc(-c2cccc(CC(=O)C3(c4ccc5c(c4)OCO5)CC3)n2)cc1. The van der Waals surface area contributed by atoms with E-state index in [1.165, 1.54) is 18.4 Å². The third-order valence-electron chi connectivity index (χ3n) is 6.29. The van der Waals surface area contributed by atoms with Crippen LogP contribution in [0.4, 0.5) is 0 Å². The minimum Gasteiger partial charge on any atom is -0.454 e. The van der Waals surface area contributed by atoms with E-state index in [2.05, 4.69) is 4.98 Å². The molecule has 2 heterocycles. The van der Waals surface area contributed by atoms with E-state index < -0.39 is 15.4 Å². The number of pyridine rings is 1. The number of carbonyl (C=O) groups is 1. The van der Waals surface area contributed by atoms with Crippen molar-refractivity contribution in [3.8, 4) is 22.8 Å². The van der Waals surface area contributed by atoms with Gasteiger partial charge in [-0.25, -0.2) is 12.7 Å². The molecule has 0 amide bonds. The Morgan fingerprint density at radius 1 is 1.00 bits per heavy atom. The second-order valence-electron chi connectivity index (χ2n) is 8.58. The molecule has 0 saturated heterocycles. The number of aromatic nitrogens is 1. The predicted molar refractivity (Wildman–Crippen MR) is 123 cm³/mol.